The molecule has 17 heavy (non-hydrogen) atoms. The summed E-state index contributed by atoms with van der Waals surface area (Å²) in [6, 6.07) is 0. The van der Waals surface area contributed by atoms with E-state index in [1.807, 2.05) is 6.08 Å². The van der Waals surface area contributed by atoms with Gasteiger partial charge in [-0.1, -0.05) is 13.0 Å². The fraction of sp³-hybridized carbons (Fsp3) is 0.769. The molecule has 1 N–H and O–H groups in total. The normalized spacial score (nSPS) is 26.9. The maximum Gasteiger partial charge on any atom is 0.333 e. The summed E-state index contributed by atoms with van der Waals surface area (Å²) in [5.74, 6) is 0.701. The molecule has 0 amide bonds. The molecule has 1 saturated heterocycles. The van der Waals surface area contributed by atoms with E-state index < -0.39 is 0 Å². The number of hydrogen-bond acceptors (Lipinski definition) is 4. The van der Waals surface area contributed by atoms with E-state index in [1.165, 1.54) is 7.11 Å². The number of carbonyl (C=O) groups excluding carboxylic acids is 1. The van der Waals surface area contributed by atoms with Crippen LogP contribution in [-0.2, 0) is 9.53 Å². The van der Waals surface area contributed by atoms with E-state index >= 15 is 0 Å². The Hall–Kier alpha value is -0.870. The molecule has 0 bridgehead atoms. The van der Waals surface area contributed by atoms with Crippen LogP contribution >= 0.6 is 0 Å². The third-order valence-corrected chi connectivity index (χ3v) is 3.24. The molecule has 0 spiro atoms. The average molecular weight is 241 g/mol. The van der Waals surface area contributed by atoms with Crippen LogP contribution in [0.3, 0.4) is 0 Å². The number of esters is 1. The van der Waals surface area contributed by atoms with Crippen molar-refractivity contribution in [3.63, 3.8) is 0 Å². The topological polar surface area (TPSA) is 49.8 Å². The molecule has 1 aliphatic rings. The van der Waals surface area contributed by atoms with E-state index in [4.69, 9.17) is 0 Å². The Balaban J connectivity index is 2.48. The SMILES string of the molecule is COC(=O)C(C)=CCN1CC(C)CC(CO)C1. The van der Waals surface area contributed by atoms with Gasteiger partial charge in [-0.3, -0.25) is 4.90 Å². The van der Waals surface area contributed by atoms with Gasteiger partial charge in [-0.25, -0.2) is 4.79 Å². The average Bonchev–Trinajstić information content (AvgIpc) is 2.34. The van der Waals surface area contributed by atoms with Crippen molar-refractivity contribution in [1.29, 1.82) is 0 Å². The summed E-state index contributed by atoms with van der Waals surface area (Å²) in [7, 11) is 1.39. The number of aliphatic hydroxyl groups is 1. The van der Waals surface area contributed by atoms with Crippen LogP contribution < -0.4 is 0 Å². The molecule has 0 aromatic carbocycles. The third kappa shape index (κ3) is 4.48. The van der Waals surface area contributed by atoms with E-state index in [0.29, 0.717) is 17.4 Å². The van der Waals surface area contributed by atoms with Crippen molar-refractivity contribution in [2.24, 2.45) is 11.8 Å². The lowest BCUT2D eigenvalue weighted by Crippen LogP contribution is -2.40. The zero-order chi connectivity index (χ0) is 12.8. The molecule has 4 nitrogen and oxygen atoms in total. The summed E-state index contributed by atoms with van der Waals surface area (Å²) in [5.41, 5.74) is 0.645. The first-order valence-electron chi connectivity index (χ1n) is 6.15. The maximum atomic E-state index is 11.2. The smallest absolute Gasteiger partial charge is 0.333 e. The van der Waals surface area contributed by atoms with Gasteiger partial charge in [0.2, 0.25) is 0 Å². The molecule has 2 unspecified atom stereocenters. The molecule has 2 atom stereocenters. The van der Waals surface area contributed by atoms with Gasteiger partial charge < -0.3 is 9.84 Å². The largest absolute Gasteiger partial charge is 0.466 e. The van der Waals surface area contributed by atoms with Crippen LogP contribution in [-0.4, -0.2) is 49.3 Å². The Kier molecular flexibility index (Phi) is 5.65. The van der Waals surface area contributed by atoms with Gasteiger partial charge >= 0.3 is 5.97 Å². The van der Waals surface area contributed by atoms with Crippen molar-refractivity contribution in [1.82, 2.24) is 4.90 Å². The van der Waals surface area contributed by atoms with Gasteiger partial charge in [0.1, 0.15) is 0 Å². The van der Waals surface area contributed by atoms with Crippen LogP contribution in [0.5, 0.6) is 0 Å². The standard InChI is InChI=1S/C13H23NO3/c1-10-6-12(9-15)8-14(7-10)5-4-11(2)13(16)17-3/h4,10,12,15H,5-9H2,1-3H3. The first-order chi connectivity index (χ1) is 8.06. The highest BCUT2D eigenvalue weighted by Crippen LogP contribution is 2.20. The van der Waals surface area contributed by atoms with Gasteiger partial charge in [0.05, 0.1) is 7.11 Å². The minimum Gasteiger partial charge on any atom is -0.466 e. The minimum atomic E-state index is -0.270. The number of ether oxygens (including phenoxy) is 1. The van der Waals surface area contributed by atoms with Crippen molar-refractivity contribution in [3.8, 4) is 0 Å². The molecular formula is C13H23NO3. The summed E-state index contributed by atoms with van der Waals surface area (Å²) in [4.78, 5) is 13.5. The zero-order valence-electron chi connectivity index (χ0n) is 11.0. The van der Waals surface area contributed by atoms with Crippen molar-refractivity contribution < 1.29 is 14.6 Å². The highest BCUT2D eigenvalue weighted by molar-refractivity contribution is 5.87. The van der Waals surface area contributed by atoms with Gasteiger partial charge in [-0.15, -0.1) is 0 Å². The highest BCUT2D eigenvalue weighted by atomic mass is 16.5. The number of piperidine rings is 1. The molecule has 1 fully saturated rings. The van der Waals surface area contributed by atoms with Crippen LogP contribution in [0.25, 0.3) is 0 Å². The number of likely N-dealkylation sites (tertiary alicyclic amines) is 1. The van der Waals surface area contributed by atoms with Crippen molar-refractivity contribution in [2.75, 3.05) is 33.4 Å². The van der Waals surface area contributed by atoms with Crippen molar-refractivity contribution >= 4 is 5.97 Å². The van der Waals surface area contributed by atoms with Crippen molar-refractivity contribution in [3.05, 3.63) is 11.6 Å². The number of aliphatic hydroxyl groups excluding tert-OH is 1. The lowest BCUT2D eigenvalue weighted by molar-refractivity contribution is -0.136. The van der Waals surface area contributed by atoms with E-state index in [9.17, 15) is 9.90 Å². The Morgan fingerprint density at radius 2 is 2.24 bits per heavy atom. The van der Waals surface area contributed by atoms with Crippen LogP contribution in [0.15, 0.2) is 11.6 Å². The van der Waals surface area contributed by atoms with Gasteiger partial charge in [0, 0.05) is 31.8 Å². The summed E-state index contributed by atoms with van der Waals surface area (Å²) >= 11 is 0. The third-order valence-electron chi connectivity index (χ3n) is 3.24. The van der Waals surface area contributed by atoms with Crippen LogP contribution in [0.1, 0.15) is 20.3 Å². The van der Waals surface area contributed by atoms with Crippen LogP contribution in [0.2, 0.25) is 0 Å². The minimum absolute atomic E-state index is 0.251. The summed E-state index contributed by atoms with van der Waals surface area (Å²) in [5, 5.41) is 9.21. The predicted molar refractivity (Wildman–Crippen MR) is 66.6 cm³/mol. The van der Waals surface area contributed by atoms with E-state index in [0.717, 1.165) is 26.1 Å². The number of methoxy groups -OCH3 is 1. The molecule has 1 aliphatic heterocycles. The molecule has 0 aromatic heterocycles. The quantitative estimate of drug-likeness (QED) is 0.590. The number of carbonyl (C=O) groups is 1. The Morgan fingerprint density at radius 1 is 1.53 bits per heavy atom. The van der Waals surface area contributed by atoms with Gasteiger partial charge in [0.15, 0.2) is 0 Å². The Labute approximate surface area is 103 Å². The molecule has 0 saturated carbocycles. The second-order valence-electron chi connectivity index (χ2n) is 4.99. The lowest BCUT2D eigenvalue weighted by atomic mass is 9.91. The summed E-state index contributed by atoms with van der Waals surface area (Å²) in [6.45, 7) is 6.91. The first-order valence-corrected chi connectivity index (χ1v) is 6.15. The molecule has 0 aliphatic carbocycles. The number of nitrogens with zero attached hydrogens (tertiary/aromatic N) is 1. The fourth-order valence-corrected chi connectivity index (χ4v) is 2.39. The molecular weight excluding hydrogens is 218 g/mol. The van der Waals surface area contributed by atoms with Crippen molar-refractivity contribution in [2.45, 2.75) is 20.3 Å². The van der Waals surface area contributed by atoms with Gasteiger partial charge in [0.25, 0.3) is 0 Å². The number of hydrogen-bond donors (Lipinski definition) is 1. The number of rotatable bonds is 4. The molecule has 0 aromatic rings. The summed E-state index contributed by atoms with van der Waals surface area (Å²) in [6.07, 6.45) is 2.99. The van der Waals surface area contributed by atoms with E-state index in [-0.39, 0.29) is 12.6 Å². The Morgan fingerprint density at radius 3 is 2.82 bits per heavy atom. The molecule has 4 heteroatoms. The molecule has 1 rings (SSSR count). The predicted octanol–water partition coefficient (Wildman–Crippen LogP) is 1.06. The fourth-order valence-electron chi connectivity index (χ4n) is 2.39. The summed E-state index contributed by atoms with van der Waals surface area (Å²) < 4.78 is 4.65. The van der Waals surface area contributed by atoms with Gasteiger partial charge in [-0.05, 0) is 25.2 Å². The monoisotopic (exact) mass is 241 g/mol. The first kappa shape index (κ1) is 14.2. The van der Waals surface area contributed by atoms with E-state index in [1.54, 1.807) is 6.92 Å². The Bertz CT molecular complexity index is 288. The van der Waals surface area contributed by atoms with Gasteiger partial charge in [-0.2, -0.15) is 0 Å². The lowest BCUT2D eigenvalue weighted by Gasteiger charge is -2.35. The maximum absolute atomic E-state index is 11.2. The van der Waals surface area contributed by atoms with Crippen LogP contribution in [0.4, 0.5) is 0 Å². The van der Waals surface area contributed by atoms with E-state index in [2.05, 4.69) is 16.6 Å². The molecule has 98 valence electrons. The van der Waals surface area contributed by atoms with Crippen LogP contribution in [0, 0.1) is 11.8 Å². The second kappa shape index (κ2) is 6.77. The highest BCUT2D eigenvalue weighted by Gasteiger charge is 2.23. The zero-order valence-corrected chi connectivity index (χ0v) is 11.0. The molecule has 0 radical (unpaired) electrons. The second-order valence-corrected chi connectivity index (χ2v) is 4.99. The molecule has 1 heterocycles.